The van der Waals surface area contributed by atoms with Gasteiger partial charge < -0.3 is 10.6 Å². The summed E-state index contributed by atoms with van der Waals surface area (Å²) in [6.07, 6.45) is 0. The highest BCUT2D eigenvalue weighted by Gasteiger charge is 2.22. The van der Waals surface area contributed by atoms with Crippen LogP contribution >= 0.6 is 11.3 Å². The summed E-state index contributed by atoms with van der Waals surface area (Å²) in [6.45, 7) is 8.32. The zero-order valence-electron chi connectivity index (χ0n) is 10.8. The molecular weight excluding hydrogens is 274 g/mol. The fraction of sp³-hybridized carbons (Fsp3) is 0.778. The lowest BCUT2D eigenvalue weighted by atomic mass is 10.3. The fourth-order valence-electron chi connectivity index (χ4n) is 1.55. The molecule has 104 valence electrons. The van der Waals surface area contributed by atoms with E-state index in [1.165, 1.54) is 0 Å². The third-order valence-electron chi connectivity index (χ3n) is 2.43. The first kappa shape index (κ1) is 15.3. The van der Waals surface area contributed by atoms with Gasteiger partial charge in [-0.1, -0.05) is 25.2 Å². The number of nitrogen functional groups attached to an aromatic ring is 1. The van der Waals surface area contributed by atoms with Crippen molar-refractivity contribution in [1.82, 2.24) is 19.8 Å². The third-order valence-corrected chi connectivity index (χ3v) is 5.14. The van der Waals surface area contributed by atoms with Gasteiger partial charge in [-0.3, -0.25) is 0 Å². The molecule has 0 radical (unpaired) electrons. The summed E-state index contributed by atoms with van der Waals surface area (Å²) in [4.78, 5) is 2.14. The molecule has 0 aliphatic carbocycles. The van der Waals surface area contributed by atoms with Crippen molar-refractivity contribution < 1.29 is 8.42 Å². The monoisotopic (exact) mass is 293 g/mol. The van der Waals surface area contributed by atoms with Crippen molar-refractivity contribution in [3.63, 3.8) is 0 Å². The second kappa shape index (κ2) is 6.41. The van der Waals surface area contributed by atoms with E-state index in [1.54, 1.807) is 0 Å². The van der Waals surface area contributed by atoms with Gasteiger partial charge in [-0.25, -0.2) is 13.1 Å². The van der Waals surface area contributed by atoms with Crippen LogP contribution < -0.4 is 10.5 Å². The van der Waals surface area contributed by atoms with Crippen molar-refractivity contribution in [3.8, 4) is 0 Å². The van der Waals surface area contributed by atoms with Crippen LogP contribution in [0.1, 0.15) is 20.8 Å². The lowest BCUT2D eigenvalue weighted by Crippen LogP contribution is -2.41. The molecule has 0 spiro atoms. The van der Waals surface area contributed by atoms with E-state index in [0.717, 1.165) is 24.4 Å². The average Bonchev–Trinajstić information content (AvgIpc) is 2.73. The molecule has 0 fully saturated rings. The van der Waals surface area contributed by atoms with Crippen molar-refractivity contribution in [2.45, 2.75) is 31.2 Å². The van der Waals surface area contributed by atoms with Gasteiger partial charge in [0.25, 0.3) is 10.0 Å². The van der Waals surface area contributed by atoms with Crippen LogP contribution in [0.25, 0.3) is 0 Å². The van der Waals surface area contributed by atoms with Crippen LogP contribution in [0.2, 0.25) is 0 Å². The highest BCUT2D eigenvalue weighted by atomic mass is 32.2. The third kappa shape index (κ3) is 4.16. The summed E-state index contributed by atoms with van der Waals surface area (Å²) in [5.41, 5.74) is 5.37. The molecule has 7 nitrogen and oxygen atoms in total. The summed E-state index contributed by atoms with van der Waals surface area (Å²) in [5.74, 6) is 0. The molecule has 0 aromatic carbocycles. The van der Waals surface area contributed by atoms with E-state index in [9.17, 15) is 8.42 Å². The maximum atomic E-state index is 11.9. The molecule has 1 atom stereocenters. The van der Waals surface area contributed by atoms with Gasteiger partial charge in [-0.05, 0) is 20.0 Å². The largest absolute Gasteiger partial charge is 0.374 e. The van der Waals surface area contributed by atoms with E-state index in [-0.39, 0.29) is 15.5 Å². The van der Waals surface area contributed by atoms with Crippen LogP contribution in [0, 0.1) is 0 Å². The minimum Gasteiger partial charge on any atom is -0.374 e. The summed E-state index contributed by atoms with van der Waals surface area (Å²) in [6, 6.07) is -0.194. The van der Waals surface area contributed by atoms with Crippen molar-refractivity contribution in [2.24, 2.45) is 0 Å². The summed E-state index contributed by atoms with van der Waals surface area (Å²) >= 11 is 0.859. The predicted octanol–water partition coefficient (Wildman–Crippen LogP) is 0.129. The molecule has 3 N–H and O–H groups in total. The fourth-order valence-corrected chi connectivity index (χ4v) is 3.59. The number of nitrogens with one attached hydrogen (secondary N) is 1. The predicted molar refractivity (Wildman–Crippen MR) is 71.9 cm³/mol. The lowest BCUT2D eigenvalue weighted by molar-refractivity contribution is 0.282. The maximum absolute atomic E-state index is 11.9. The van der Waals surface area contributed by atoms with Crippen molar-refractivity contribution >= 4 is 26.5 Å². The second-order valence-electron chi connectivity index (χ2n) is 3.91. The van der Waals surface area contributed by atoms with Gasteiger partial charge in [0.2, 0.25) is 9.47 Å². The number of likely N-dealkylation sites (N-methyl/N-ethyl adjacent to an activating group) is 1. The van der Waals surface area contributed by atoms with Crippen LogP contribution in [0.5, 0.6) is 0 Å². The van der Waals surface area contributed by atoms with Crippen LogP contribution in [-0.2, 0) is 10.0 Å². The van der Waals surface area contributed by atoms with E-state index in [1.807, 2.05) is 20.8 Å². The van der Waals surface area contributed by atoms with E-state index in [4.69, 9.17) is 5.73 Å². The van der Waals surface area contributed by atoms with E-state index >= 15 is 0 Å². The minimum atomic E-state index is -3.61. The number of nitrogens with two attached hydrogens (primary N) is 1. The number of hydrogen-bond acceptors (Lipinski definition) is 7. The topological polar surface area (TPSA) is 101 Å². The van der Waals surface area contributed by atoms with Gasteiger partial charge in [-0.2, -0.15) is 0 Å². The first-order valence-corrected chi connectivity index (χ1v) is 8.02. The average molecular weight is 293 g/mol. The molecule has 1 aromatic rings. The lowest BCUT2D eigenvalue weighted by Gasteiger charge is -2.22. The summed E-state index contributed by atoms with van der Waals surface area (Å²) < 4.78 is 26.4. The second-order valence-corrected chi connectivity index (χ2v) is 6.81. The molecule has 1 aromatic heterocycles. The van der Waals surface area contributed by atoms with Crippen LogP contribution in [0.3, 0.4) is 0 Å². The molecule has 1 rings (SSSR count). The first-order valence-electron chi connectivity index (χ1n) is 5.72. The van der Waals surface area contributed by atoms with Gasteiger partial charge in [-0.15, -0.1) is 10.2 Å². The van der Waals surface area contributed by atoms with Crippen molar-refractivity contribution in [2.75, 3.05) is 25.4 Å². The van der Waals surface area contributed by atoms with E-state index in [2.05, 4.69) is 19.8 Å². The number of sulfonamides is 1. The molecular formula is C9H19N5O2S2. The van der Waals surface area contributed by atoms with Crippen LogP contribution in [-0.4, -0.2) is 49.2 Å². The molecule has 18 heavy (non-hydrogen) atoms. The van der Waals surface area contributed by atoms with Crippen molar-refractivity contribution in [3.05, 3.63) is 0 Å². The highest BCUT2D eigenvalue weighted by Crippen LogP contribution is 2.16. The van der Waals surface area contributed by atoms with E-state index in [0.29, 0.717) is 6.54 Å². The Bertz CT molecular complexity index is 469. The molecule has 9 heteroatoms. The smallest absolute Gasteiger partial charge is 0.270 e. The van der Waals surface area contributed by atoms with Gasteiger partial charge in [0.05, 0.1) is 0 Å². The number of rotatable bonds is 7. The van der Waals surface area contributed by atoms with Gasteiger partial charge >= 0.3 is 0 Å². The Hall–Kier alpha value is -0.770. The summed E-state index contributed by atoms with van der Waals surface area (Å²) in [5, 5.41) is 7.18. The SMILES string of the molecule is CCN(CC)CC(C)NS(=O)(=O)c1nnc(N)s1. The van der Waals surface area contributed by atoms with E-state index < -0.39 is 10.0 Å². The molecule has 0 amide bonds. The minimum absolute atomic E-state index is 0.0913. The number of nitrogens with zero attached hydrogens (tertiary/aromatic N) is 3. The molecule has 0 saturated carbocycles. The van der Waals surface area contributed by atoms with Crippen LogP contribution in [0.4, 0.5) is 5.13 Å². The standard InChI is InChI=1S/C9H19N5O2S2/c1-4-14(5-2)6-7(3)13-18(15,16)9-12-11-8(10)17-9/h7,13H,4-6H2,1-3H3,(H2,10,11). The van der Waals surface area contributed by atoms with Crippen LogP contribution in [0.15, 0.2) is 4.34 Å². The van der Waals surface area contributed by atoms with Gasteiger partial charge in [0.1, 0.15) is 0 Å². The molecule has 0 saturated heterocycles. The number of anilines is 1. The van der Waals surface area contributed by atoms with Gasteiger partial charge in [0, 0.05) is 12.6 Å². The quantitative estimate of drug-likeness (QED) is 0.741. The molecule has 0 aliphatic heterocycles. The Balaban J connectivity index is 2.66. The van der Waals surface area contributed by atoms with Gasteiger partial charge in [0.15, 0.2) is 0 Å². The molecule has 1 heterocycles. The Morgan fingerprint density at radius 2 is 2.00 bits per heavy atom. The molecule has 0 bridgehead atoms. The molecule has 0 aliphatic rings. The maximum Gasteiger partial charge on any atom is 0.270 e. The number of aromatic nitrogens is 2. The Morgan fingerprint density at radius 1 is 1.39 bits per heavy atom. The zero-order valence-corrected chi connectivity index (χ0v) is 12.4. The Morgan fingerprint density at radius 3 is 2.44 bits per heavy atom. The summed E-state index contributed by atoms with van der Waals surface area (Å²) in [7, 11) is -3.61. The Kier molecular flexibility index (Phi) is 5.45. The first-order chi connectivity index (χ1) is 8.39. The number of hydrogen-bond donors (Lipinski definition) is 2. The normalized spacial score (nSPS) is 14.0. The zero-order chi connectivity index (χ0) is 13.8. The highest BCUT2D eigenvalue weighted by molar-refractivity contribution is 7.91. The molecule has 1 unspecified atom stereocenters. The van der Waals surface area contributed by atoms with Crippen molar-refractivity contribution in [1.29, 1.82) is 0 Å². The Labute approximate surface area is 111 Å².